The van der Waals surface area contributed by atoms with Crippen LogP contribution >= 0.6 is 0 Å². The molecule has 0 radical (unpaired) electrons. The van der Waals surface area contributed by atoms with E-state index in [0.717, 1.165) is 19.6 Å². The van der Waals surface area contributed by atoms with E-state index < -0.39 is 0 Å². The SMILES string of the molecule is NCC1(CN2CCN(c3ccccc3)CC2)CC1. The van der Waals surface area contributed by atoms with Crippen molar-refractivity contribution in [3.8, 4) is 0 Å². The van der Waals surface area contributed by atoms with Crippen molar-refractivity contribution in [3.63, 3.8) is 0 Å². The molecule has 18 heavy (non-hydrogen) atoms. The Kier molecular flexibility index (Phi) is 3.27. The van der Waals surface area contributed by atoms with E-state index in [1.54, 1.807) is 0 Å². The van der Waals surface area contributed by atoms with Gasteiger partial charge in [0.1, 0.15) is 0 Å². The van der Waals surface area contributed by atoms with Crippen molar-refractivity contribution in [2.45, 2.75) is 12.8 Å². The first-order valence-corrected chi connectivity index (χ1v) is 7.04. The Labute approximate surface area is 110 Å². The van der Waals surface area contributed by atoms with E-state index in [-0.39, 0.29) is 0 Å². The highest BCUT2D eigenvalue weighted by molar-refractivity contribution is 5.46. The monoisotopic (exact) mass is 245 g/mol. The summed E-state index contributed by atoms with van der Waals surface area (Å²) in [5.74, 6) is 0. The standard InChI is InChI=1S/C15H23N3/c16-12-15(6-7-15)13-17-8-10-18(11-9-17)14-4-2-1-3-5-14/h1-5H,6-13,16H2. The van der Waals surface area contributed by atoms with Crippen molar-refractivity contribution in [2.75, 3.05) is 44.2 Å². The first kappa shape index (κ1) is 12.0. The first-order valence-electron chi connectivity index (χ1n) is 7.04. The summed E-state index contributed by atoms with van der Waals surface area (Å²) in [6.45, 7) is 6.72. The molecule has 0 unspecified atom stereocenters. The summed E-state index contributed by atoms with van der Waals surface area (Å²) in [4.78, 5) is 5.08. The molecule has 98 valence electrons. The molecule has 1 saturated carbocycles. The first-order chi connectivity index (χ1) is 8.81. The van der Waals surface area contributed by atoms with Crippen molar-refractivity contribution in [1.29, 1.82) is 0 Å². The van der Waals surface area contributed by atoms with Crippen LogP contribution in [0.5, 0.6) is 0 Å². The highest BCUT2D eigenvalue weighted by atomic mass is 15.3. The molecule has 1 aromatic carbocycles. The Morgan fingerprint density at radius 1 is 1.00 bits per heavy atom. The Morgan fingerprint density at radius 2 is 1.67 bits per heavy atom. The van der Waals surface area contributed by atoms with E-state index in [1.165, 1.54) is 38.2 Å². The van der Waals surface area contributed by atoms with Gasteiger partial charge in [0, 0.05) is 38.4 Å². The van der Waals surface area contributed by atoms with Crippen LogP contribution in [0.3, 0.4) is 0 Å². The van der Waals surface area contributed by atoms with Gasteiger partial charge in [0.05, 0.1) is 0 Å². The van der Waals surface area contributed by atoms with Gasteiger partial charge in [-0.2, -0.15) is 0 Å². The van der Waals surface area contributed by atoms with Gasteiger partial charge in [0.15, 0.2) is 0 Å². The molecule has 3 nitrogen and oxygen atoms in total. The second-order valence-electron chi connectivity index (χ2n) is 5.80. The molecule has 0 aromatic heterocycles. The number of piperazine rings is 1. The van der Waals surface area contributed by atoms with Gasteiger partial charge >= 0.3 is 0 Å². The van der Waals surface area contributed by atoms with Gasteiger partial charge < -0.3 is 10.6 Å². The summed E-state index contributed by atoms with van der Waals surface area (Å²) in [6.07, 6.45) is 2.67. The lowest BCUT2D eigenvalue weighted by Crippen LogP contribution is -2.48. The van der Waals surface area contributed by atoms with Gasteiger partial charge in [0.2, 0.25) is 0 Å². The third-order valence-electron chi connectivity index (χ3n) is 4.44. The molecule has 2 fully saturated rings. The summed E-state index contributed by atoms with van der Waals surface area (Å²) in [6, 6.07) is 10.7. The summed E-state index contributed by atoms with van der Waals surface area (Å²) < 4.78 is 0. The fourth-order valence-electron chi connectivity index (χ4n) is 2.88. The van der Waals surface area contributed by atoms with E-state index in [1.807, 2.05) is 0 Å². The number of para-hydroxylation sites is 1. The molecule has 0 bridgehead atoms. The second kappa shape index (κ2) is 4.90. The topological polar surface area (TPSA) is 32.5 Å². The quantitative estimate of drug-likeness (QED) is 0.873. The fourth-order valence-corrected chi connectivity index (χ4v) is 2.88. The molecule has 1 heterocycles. The highest BCUT2D eigenvalue weighted by Crippen LogP contribution is 2.45. The van der Waals surface area contributed by atoms with Crippen LogP contribution in [0, 0.1) is 5.41 Å². The Balaban J connectivity index is 1.52. The minimum atomic E-state index is 0.481. The lowest BCUT2D eigenvalue weighted by molar-refractivity contribution is 0.211. The summed E-state index contributed by atoms with van der Waals surface area (Å²) in [5, 5.41) is 0. The van der Waals surface area contributed by atoms with Gasteiger partial charge in [-0.1, -0.05) is 18.2 Å². The Hall–Kier alpha value is -1.06. The van der Waals surface area contributed by atoms with E-state index in [0.29, 0.717) is 5.41 Å². The van der Waals surface area contributed by atoms with Crippen LogP contribution in [0.4, 0.5) is 5.69 Å². The van der Waals surface area contributed by atoms with E-state index in [2.05, 4.69) is 40.1 Å². The minimum absolute atomic E-state index is 0.481. The van der Waals surface area contributed by atoms with Crippen LogP contribution in [0.2, 0.25) is 0 Å². The molecule has 2 aliphatic rings. The number of nitrogens with zero attached hydrogens (tertiary/aromatic N) is 2. The van der Waals surface area contributed by atoms with Gasteiger partial charge in [-0.25, -0.2) is 0 Å². The van der Waals surface area contributed by atoms with Crippen molar-refractivity contribution in [2.24, 2.45) is 11.1 Å². The molecule has 0 atom stereocenters. The number of anilines is 1. The number of hydrogen-bond acceptors (Lipinski definition) is 3. The van der Waals surface area contributed by atoms with Crippen molar-refractivity contribution in [3.05, 3.63) is 30.3 Å². The third-order valence-corrected chi connectivity index (χ3v) is 4.44. The van der Waals surface area contributed by atoms with Crippen LogP contribution in [0.15, 0.2) is 30.3 Å². The smallest absolute Gasteiger partial charge is 0.0367 e. The van der Waals surface area contributed by atoms with Crippen LogP contribution in [-0.4, -0.2) is 44.2 Å². The van der Waals surface area contributed by atoms with E-state index >= 15 is 0 Å². The largest absolute Gasteiger partial charge is 0.369 e. The normalized spacial score (nSPS) is 23.1. The average molecular weight is 245 g/mol. The average Bonchev–Trinajstić information content (AvgIpc) is 3.21. The van der Waals surface area contributed by atoms with Gasteiger partial charge in [-0.3, -0.25) is 4.90 Å². The van der Waals surface area contributed by atoms with Crippen molar-refractivity contribution >= 4 is 5.69 Å². The molecule has 1 saturated heterocycles. The summed E-state index contributed by atoms with van der Waals surface area (Å²) in [7, 11) is 0. The predicted octanol–water partition coefficient (Wildman–Crippen LogP) is 1.55. The van der Waals surface area contributed by atoms with Crippen LogP contribution in [-0.2, 0) is 0 Å². The zero-order valence-electron chi connectivity index (χ0n) is 11.0. The van der Waals surface area contributed by atoms with Gasteiger partial charge in [-0.05, 0) is 36.9 Å². The molecule has 0 amide bonds. The molecule has 1 aliphatic carbocycles. The second-order valence-corrected chi connectivity index (χ2v) is 5.80. The van der Waals surface area contributed by atoms with Crippen LogP contribution < -0.4 is 10.6 Å². The maximum absolute atomic E-state index is 5.87. The molecule has 3 rings (SSSR count). The fraction of sp³-hybridized carbons (Fsp3) is 0.600. The molecular weight excluding hydrogens is 222 g/mol. The zero-order chi connectivity index (χ0) is 12.4. The molecule has 1 aliphatic heterocycles. The number of hydrogen-bond donors (Lipinski definition) is 1. The van der Waals surface area contributed by atoms with Crippen LogP contribution in [0.1, 0.15) is 12.8 Å². The number of nitrogens with two attached hydrogens (primary N) is 1. The molecular formula is C15H23N3. The van der Waals surface area contributed by atoms with E-state index in [9.17, 15) is 0 Å². The van der Waals surface area contributed by atoms with Crippen LogP contribution in [0.25, 0.3) is 0 Å². The lowest BCUT2D eigenvalue weighted by Gasteiger charge is -2.37. The van der Waals surface area contributed by atoms with Gasteiger partial charge in [0.25, 0.3) is 0 Å². The third kappa shape index (κ3) is 2.52. The van der Waals surface area contributed by atoms with Crippen molar-refractivity contribution in [1.82, 2.24) is 4.90 Å². The minimum Gasteiger partial charge on any atom is -0.369 e. The predicted molar refractivity (Wildman–Crippen MR) is 75.8 cm³/mol. The number of benzene rings is 1. The molecule has 1 aromatic rings. The van der Waals surface area contributed by atoms with E-state index in [4.69, 9.17) is 5.73 Å². The summed E-state index contributed by atoms with van der Waals surface area (Å²) in [5.41, 5.74) is 7.71. The lowest BCUT2D eigenvalue weighted by atomic mass is 10.1. The number of rotatable bonds is 4. The van der Waals surface area contributed by atoms with Gasteiger partial charge in [-0.15, -0.1) is 0 Å². The van der Waals surface area contributed by atoms with Crippen molar-refractivity contribution < 1.29 is 0 Å². The maximum atomic E-state index is 5.87. The summed E-state index contributed by atoms with van der Waals surface area (Å²) >= 11 is 0. The Morgan fingerprint density at radius 3 is 2.22 bits per heavy atom. The highest BCUT2D eigenvalue weighted by Gasteiger charge is 2.42. The maximum Gasteiger partial charge on any atom is 0.0367 e. The zero-order valence-corrected chi connectivity index (χ0v) is 11.0. The molecule has 2 N–H and O–H groups in total. The Bertz CT molecular complexity index is 378. The molecule has 0 spiro atoms. The molecule has 3 heteroatoms.